The maximum absolute atomic E-state index is 10.4. The van der Waals surface area contributed by atoms with Crippen molar-refractivity contribution in [2.75, 3.05) is 7.11 Å². The predicted molar refractivity (Wildman–Crippen MR) is 37.3 cm³/mol. The summed E-state index contributed by atoms with van der Waals surface area (Å²) in [5.74, 6) is -1.05. The minimum absolute atomic E-state index is 0.361. The number of ether oxygens (including phenoxy) is 1. The van der Waals surface area contributed by atoms with Gasteiger partial charge in [-0.1, -0.05) is 0 Å². The molecule has 0 aliphatic carbocycles. The van der Waals surface area contributed by atoms with Crippen molar-refractivity contribution in [1.29, 1.82) is 0 Å². The Morgan fingerprint density at radius 1 is 1.91 bits per heavy atom. The van der Waals surface area contributed by atoms with Crippen molar-refractivity contribution >= 4 is 17.3 Å². The highest BCUT2D eigenvalue weighted by atomic mass is 32.1. The van der Waals surface area contributed by atoms with Gasteiger partial charge in [-0.3, -0.25) is 0 Å². The first-order valence-corrected chi connectivity index (χ1v) is 3.65. The van der Waals surface area contributed by atoms with Crippen LogP contribution in [0.25, 0.3) is 0 Å². The van der Waals surface area contributed by atoms with E-state index in [0.717, 1.165) is 11.3 Å². The number of aliphatic carboxylic acids is 1. The van der Waals surface area contributed by atoms with Crippen molar-refractivity contribution in [3.05, 3.63) is 10.5 Å². The van der Waals surface area contributed by atoms with Crippen LogP contribution < -0.4 is 0 Å². The maximum atomic E-state index is 10.4. The van der Waals surface area contributed by atoms with E-state index in [2.05, 4.69) is 14.9 Å². The molecule has 0 aliphatic heterocycles. The highest BCUT2D eigenvalue weighted by Crippen LogP contribution is 2.17. The number of methoxy groups -OCH3 is 1. The summed E-state index contributed by atoms with van der Waals surface area (Å²) in [5, 5.41) is 16.0. The fourth-order valence-corrected chi connectivity index (χ4v) is 1.22. The fraction of sp³-hybridized carbons (Fsp3) is 0.400. The number of hydrogen-bond acceptors (Lipinski definition) is 5. The van der Waals surface area contributed by atoms with Gasteiger partial charge < -0.3 is 9.84 Å². The molecule has 1 aromatic heterocycles. The van der Waals surface area contributed by atoms with E-state index in [1.165, 1.54) is 12.6 Å². The second kappa shape index (κ2) is 3.40. The fourth-order valence-electron chi connectivity index (χ4n) is 0.603. The SMILES string of the molecule is COC(C(=O)O)c1nncs1. The average Bonchev–Trinajstić information content (AvgIpc) is 2.40. The van der Waals surface area contributed by atoms with E-state index < -0.39 is 12.1 Å². The van der Waals surface area contributed by atoms with Crippen LogP contribution in [0, 0.1) is 0 Å². The summed E-state index contributed by atoms with van der Waals surface area (Å²) in [7, 11) is 1.32. The van der Waals surface area contributed by atoms with E-state index in [9.17, 15) is 4.79 Å². The summed E-state index contributed by atoms with van der Waals surface area (Å²) in [6.07, 6.45) is -0.984. The molecule has 0 saturated heterocycles. The van der Waals surface area contributed by atoms with Crippen molar-refractivity contribution in [3.8, 4) is 0 Å². The highest BCUT2D eigenvalue weighted by molar-refractivity contribution is 7.09. The third-order valence-electron chi connectivity index (χ3n) is 1.06. The lowest BCUT2D eigenvalue weighted by molar-refractivity contribution is -0.148. The van der Waals surface area contributed by atoms with Gasteiger partial charge in [0.2, 0.25) is 6.10 Å². The largest absolute Gasteiger partial charge is 0.479 e. The van der Waals surface area contributed by atoms with Gasteiger partial charge in [0.15, 0.2) is 5.01 Å². The van der Waals surface area contributed by atoms with Crippen molar-refractivity contribution in [3.63, 3.8) is 0 Å². The second-order valence-electron chi connectivity index (χ2n) is 1.73. The maximum Gasteiger partial charge on any atom is 0.340 e. The lowest BCUT2D eigenvalue weighted by atomic mass is 10.4. The van der Waals surface area contributed by atoms with E-state index >= 15 is 0 Å². The molecule has 0 spiro atoms. The van der Waals surface area contributed by atoms with Crippen LogP contribution in [0.1, 0.15) is 11.1 Å². The Labute approximate surface area is 66.6 Å². The highest BCUT2D eigenvalue weighted by Gasteiger charge is 2.21. The standard InChI is InChI=1S/C5H6N2O3S/c1-10-3(5(8)9)4-7-6-2-11-4/h2-3H,1H3,(H,8,9). The van der Waals surface area contributed by atoms with Crippen molar-refractivity contribution < 1.29 is 14.6 Å². The first kappa shape index (κ1) is 8.09. The van der Waals surface area contributed by atoms with E-state index in [4.69, 9.17) is 5.11 Å². The first-order valence-electron chi connectivity index (χ1n) is 2.77. The molecule has 1 atom stereocenters. The van der Waals surface area contributed by atoms with Crippen LogP contribution in [-0.4, -0.2) is 28.4 Å². The molecule has 5 nitrogen and oxygen atoms in total. The molecule has 1 heterocycles. The zero-order valence-corrected chi connectivity index (χ0v) is 6.54. The number of nitrogens with zero attached hydrogens (tertiary/aromatic N) is 2. The summed E-state index contributed by atoms with van der Waals surface area (Å²) in [5.41, 5.74) is 1.46. The lowest BCUT2D eigenvalue weighted by Crippen LogP contribution is -2.13. The van der Waals surface area contributed by atoms with Gasteiger partial charge in [-0.2, -0.15) is 0 Å². The van der Waals surface area contributed by atoms with Gasteiger partial charge in [0.25, 0.3) is 0 Å². The molecule has 1 unspecified atom stereocenters. The number of carbonyl (C=O) groups is 1. The number of carboxylic acid groups (broad SMARTS) is 1. The minimum atomic E-state index is -1.05. The van der Waals surface area contributed by atoms with Crippen LogP contribution in [0.4, 0.5) is 0 Å². The van der Waals surface area contributed by atoms with Crippen LogP contribution in [-0.2, 0) is 9.53 Å². The molecule has 6 heteroatoms. The summed E-state index contributed by atoms with van der Waals surface area (Å²) >= 11 is 1.16. The molecule has 0 radical (unpaired) electrons. The molecular weight excluding hydrogens is 168 g/mol. The zero-order valence-electron chi connectivity index (χ0n) is 5.72. The number of aromatic nitrogens is 2. The van der Waals surface area contributed by atoms with Crippen molar-refractivity contribution in [2.24, 2.45) is 0 Å². The summed E-state index contributed by atoms with van der Waals surface area (Å²) in [4.78, 5) is 10.4. The van der Waals surface area contributed by atoms with Crippen molar-refractivity contribution in [2.45, 2.75) is 6.10 Å². The van der Waals surface area contributed by atoms with Gasteiger partial charge >= 0.3 is 5.97 Å². The van der Waals surface area contributed by atoms with E-state index in [1.807, 2.05) is 0 Å². The van der Waals surface area contributed by atoms with Crippen LogP contribution in [0.2, 0.25) is 0 Å². The second-order valence-corrected chi connectivity index (χ2v) is 2.60. The smallest absolute Gasteiger partial charge is 0.340 e. The molecule has 0 amide bonds. The molecule has 1 N–H and O–H groups in total. The van der Waals surface area contributed by atoms with Crippen LogP contribution in [0.3, 0.4) is 0 Å². The lowest BCUT2D eigenvalue weighted by Gasteiger charge is -2.03. The molecule has 0 saturated carbocycles. The molecule has 0 fully saturated rings. The summed E-state index contributed by atoms with van der Waals surface area (Å²) in [6.45, 7) is 0. The van der Waals surface area contributed by atoms with Gasteiger partial charge in [-0.25, -0.2) is 4.79 Å². The van der Waals surface area contributed by atoms with Crippen LogP contribution in [0.5, 0.6) is 0 Å². The minimum Gasteiger partial charge on any atom is -0.479 e. The Morgan fingerprint density at radius 3 is 3.00 bits per heavy atom. The molecule has 0 aromatic carbocycles. The molecule has 0 aliphatic rings. The summed E-state index contributed by atoms with van der Waals surface area (Å²) in [6, 6.07) is 0. The van der Waals surface area contributed by atoms with Crippen LogP contribution in [0.15, 0.2) is 5.51 Å². The number of rotatable bonds is 3. The Morgan fingerprint density at radius 2 is 2.64 bits per heavy atom. The number of hydrogen-bond donors (Lipinski definition) is 1. The Kier molecular flexibility index (Phi) is 2.50. The van der Waals surface area contributed by atoms with Gasteiger partial charge in [-0.05, 0) is 0 Å². The van der Waals surface area contributed by atoms with Crippen LogP contribution >= 0.6 is 11.3 Å². The van der Waals surface area contributed by atoms with Gasteiger partial charge in [0.05, 0.1) is 0 Å². The third kappa shape index (κ3) is 1.72. The monoisotopic (exact) mass is 174 g/mol. The molecule has 1 aromatic rings. The zero-order chi connectivity index (χ0) is 8.27. The van der Waals surface area contributed by atoms with Gasteiger partial charge in [-0.15, -0.1) is 21.5 Å². The third-order valence-corrected chi connectivity index (χ3v) is 1.80. The molecule has 1 rings (SSSR count). The van der Waals surface area contributed by atoms with Crippen molar-refractivity contribution in [1.82, 2.24) is 10.2 Å². The molecule has 60 valence electrons. The predicted octanol–water partition coefficient (Wildman–Crippen LogP) is 0.310. The molecule has 11 heavy (non-hydrogen) atoms. The van der Waals surface area contributed by atoms with E-state index in [-0.39, 0.29) is 0 Å². The van der Waals surface area contributed by atoms with E-state index in [1.54, 1.807) is 0 Å². The summed E-state index contributed by atoms with van der Waals surface area (Å²) < 4.78 is 4.66. The van der Waals surface area contributed by atoms with E-state index in [0.29, 0.717) is 5.01 Å². The Balaban J connectivity index is 2.79. The van der Waals surface area contributed by atoms with Gasteiger partial charge in [0, 0.05) is 7.11 Å². The topological polar surface area (TPSA) is 72.3 Å². The Hall–Kier alpha value is -1.01. The molecular formula is C5H6N2O3S. The quantitative estimate of drug-likeness (QED) is 0.714. The number of carboxylic acids is 1. The first-order chi connectivity index (χ1) is 5.25. The van der Waals surface area contributed by atoms with Gasteiger partial charge in [0.1, 0.15) is 5.51 Å². The average molecular weight is 174 g/mol. The Bertz CT molecular complexity index is 236. The normalized spacial score (nSPS) is 12.8. The molecule has 0 bridgehead atoms.